The SMILES string of the molecule is S=C(Nc1ccc2conc2c1)NC1CCCCC1. The lowest BCUT2D eigenvalue weighted by molar-refractivity contribution is 0.415. The van der Waals surface area contributed by atoms with Crippen LogP contribution in [0.3, 0.4) is 0 Å². The molecule has 0 atom stereocenters. The van der Waals surface area contributed by atoms with E-state index in [1.807, 2.05) is 18.2 Å². The Morgan fingerprint density at radius 1 is 1.26 bits per heavy atom. The van der Waals surface area contributed by atoms with Crippen LogP contribution in [0.2, 0.25) is 0 Å². The van der Waals surface area contributed by atoms with Crippen molar-refractivity contribution in [2.75, 3.05) is 5.32 Å². The van der Waals surface area contributed by atoms with Gasteiger partial charge in [0, 0.05) is 17.1 Å². The van der Waals surface area contributed by atoms with Gasteiger partial charge in [-0.05, 0) is 43.3 Å². The average molecular weight is 275 g/mol. The highest BCUT2D eigenvalue weighted by Gasteiger charge is 2.14. The molecule has 0 unspecified atom stereocenters. The van der Waals surface area contributed by atoms with Gasteiger partial charge in [-0.2, -0.15) is 0 Å². The van der Waals surface area contributed by atoms with Crippen molar-refractivity contribution < 1.29 is 4.52 Å². The molecule has 1 aliphatic carbocycles. The summed E-state index contributed by atoms with van der Waals surface area (Å²) in [6, 6.07) is 6.41. The van der Waals surface area contributed by atoms with Crippen molar-refractivity contribution in [3.63, 3.8) is 0 Å². The summed E-state index contributed by atoms with van der Waals surface area (Å²) in [7, 11) is 0. The Kier molecular flexibility index (Phi) is 3.64. The maximum absolute atomic E-state index is 5.35. The summed E-state index contributed by atoms with van der Waals surface area (Å²) < 4.78 is 4.92. The van der Waals surface area contributed by atoms with Crippen LogP contribution in [0.5, 0.6) is 0 Å². The highest BCUT2D eigenvalue weighted by molar-refractivity contribution is 7.80. The van der Waals surface area contributed by atoms with Crippen LogP contribution in [-0.2, 0) is 0 Å². The Morgan fingerprint density at radius 3 is 2.95 bits per heavy atom. The van der Waals surface area contributed by atoms with Crippen LogP contribution in [0, 0.1) is 0 Å². The lowest BCUT2D eigenvalue weighted by atomic mass is 9.96. The number of anilines is 1. The first-order valence-corrected chi connectivity index (χ1v) is 7.14. The van der Waals surface area contributed by atoms with Gasteiger partial charge in [0.05, 0.1) is 0 Å². The lowest BCUT2D eigenvalue weighted by Crippen LogP contribution is -2.38. The van der Waals surface area contributed by atoms with Crippen molar-refractivity contribution in [1.29, 1.82) is 0 Å². The molecule has 100 valence electrons. The Balaban J connectivity index is 1.61. The molecule has 0 amide bonds. The molecule has 3 rings (SSSR count). The summed E-state index contributed by atoms with van der Waals surface area (Å²) in [5, 5.41) is 12.2. The minimum Gasteiger partial charge on any atom is -0.364 e. The van der Waals surface area contributed by atoms with Gasteiger partial charge in [-0.3, -0.25) is 0 Å². The summed E-state index contributed by atoms with van der Waals surface area (Å²) in [6.07, 6.45) is 8.00. The zero-order chi connectivity index (χ0) is 13.1. The lowest BCUT2D eigenvalue weighted by Gasteiger charge is -2.24. The second kappa shape index (κ2) is 5.57. The van der Waals surface area contributed by atoms with Gasteiger partial charge in [0.15, 0.2) is 5.11 Å². The highest BCUT2D eigenvalue weighted by Crippen LogP contribution is 2.19. The monoisotopic (exact) mass is 275 g/mol. The quantitative estimate of drug-likeness (QED) is 0.822. The molecule has 1 aromatic carbocycles. The highest BCUT2D eigenvalue weighted by atomic mass is 32.1. The maximum atomic E-state index is 5.35. The molecule has 4 nitrogen and oxygen atoms in total. The molecule has 19 heavy (non-hydrogen) atoms. The summed E-state index contributed by atoms with van der Waals surface area (Å²) in [4.78, 5) is 0. The topological polar surface area (TPSA) is 50.1 Å². The predicted octanol–water partition coefficient (Wildman–Crippen LogP) is 3.45. The molecule has 0 aliphatic heterocycles. The minimum absolute atomic E-state index is 0.518. The van der Waals surface area contributed by atoms with Crippen molar-refractivity contribution in [3.05, 3.63) is 24.5 Å². The van der Waals surface area contributed by atoms with Gasteiger partial charge in [-0.25, -0.2) is 0 Å². The van der Waals surface area contributed by atoms with E-state index in [1.165, 1.54) is 32.1 Å². The number of nitrogens with zero attached hydrogens (tertiary/aromatic N) is 1. The molecule has 0 radical (unpaired) electrons. The van der Waals surface area contributed by atoms with E-state index in [-0.39, 0.29) is 0 Å². The van der Waals surface area contributed by atoms with Gasteiger partial charge in [0.25, 0.3) is 0 Å². The fourth-order valence-corrected chi connectivity index (χ4v) is 2.82. The molecular weight excluding hydrogens is 258 g/mol. The van der Waals surface area contributed by atoms with Crippen LogP contribution in [0.15, 0.2) is 29.0 Å². The molecule has 1 aromatic heterocycles. The molecule has 1 fully saturated rings. The van der Waals surface area contributed by atoms with Crippen LogP contribution in [0.4, 0.5) is 5.69 Å². The summed E-state index contributed by atoms with van der Waals surface area (Å²) >= 11 is 5.35. The summed E-state index contributed by atoms with van der Waals surface area (Å²) in [5.74, 6) is 0. The van der Waals surface area contributed by atoms with Gasteiger partial charge in [0.1, 0.15) is 11.8 Å². The van der Waals surface area contributed by atoms with Gasteiger partial charge >= 0.3 is 0 Å². The Labute approximate surface area is 117 Å². The summed E-state index contributed by atoms with van der Waals surface area (Å²) in [6.45, 7) is 0. The van der Waals surface area contributed by atoms with E-state index in [9.17, 15) is 0 Å². The number of hydrogen-bond acceptors (Lipinski definition) is 3. The fourth-order valence-electron chi connectivity index (χ4n) is 2.54. The van der Waals surface area contributed by atoms with Crippen LogP contribution < -0.4 is 10.6 Å². The third kappa shape index (κ3) is 3.04. The molecule has 2 N–H and O–H groups in total. The van der Waals surface area contributed by atoms with E-state index in [0.29, 0.717) is 11.2 Å². The van der Waals surface area contributed by atoms with Crippen molar-refractivity contribution in [3.8, 4) is 0 Å². The Hall–Kier alpha value is -1.62. The van der Waals surface area contributed by atoms with Crippen molar-refractivity contribution in [1.82, 2.24) is 10.5 Å². The zero-order valence-corrected chi connectivity index (χ0v) is 11.5. The Bertz CT molecular complexity index is 575. The minimum atomic E-state index is 0.518. The van der Waals surface area contributed by atoms with E-state index >= 15 is 0 Å². The van der Waals surface area contributed by atoms with Crippen LogP contribution in [0.25, 0.3) is 10.9 Å². The van der Waals surface area contributed by atoms with Crippen LogP contribution >= 0.6 is 12.2 Å². The smallest absolute Gasteiger partial charge is 0.170 e. The number of hydrogen-bond donors (Lipinski definition) is 2. The third-order valence-corrected chi connectivity index (χ3v) is 3.78. The van der Waals surface area contributed by atoms with Gasteiger partial charge in [0.2, 0.25) is 0 Å². The molecule has 5 heteroatoms. The first-order valence-electron chi connectivity index (χ1n) is 6.73. The normalized spacial score (nSPS) is 16.4. The molecule has 2 aromatic rings. The van der Waals surface area contributed by atoms with Gasteiger partial charge < -0.3 is 15.2 Å². The van der Waals surface area contributed by atoms with Crippen molar-refractivity contribution in [2.24, 2.45) is 0 Å². The molecule has 0 bridgehead atoms. The first kappa shape index (κ1) is 12.4. The third-order valence-electron chi connectivity index (χ3n) is 3.56. The molecule has 1 saturated carbocycles. The number of rotatable bonds is 2. The van der Waals surface area contributed by atoms with E-state index < -0.39 is 0 Å². The number of benzene rings is 1. The second-order valence-electron chi connectivity index (χ2n) is 5.02. The van der Waals surface area contributed by atoms with E-state index in [1.54, 1.807) is 6.26 Å². The van der Waals surface area contributed by atoms with E-state index in [4.69, 9.17) is 16.7 Å². The number of nitrogens with one attached hydrogen (secondary N) is 2. The number of thiocarbonyl (C=S) groups is 1. The average Bonchev–Trinajstić information content (AvgIpc) is 2.87. The zero-order valence-electron chi connectivity index (χ0n) is 10.7. The molecule has 1 heterocycles. The van der Waals surface area contributed by atoms with Crippen LogP contribution in [-0.4, -0.2) is 16.3 Å². The Morgan fingerprint density at radius 2 is 2.11 bits per heavy atom. The number of fused-ring (bicyclic) bond motifs is 1. The largest absolute Gasteiger partial charge is 0.364 e. The number of aromatic nitrogens is 1. The molecule has 0 saturated heterocycles. The van der Waals surface area contributed by atoms with Gasteiger partial charge in [-0.1, -0.05) is 24.4 Å². The van der Waals surface area contributed by atoms with E-state index in [2.05, 4.69) is 15.8 Å². The molecule has 0 spiro atoms. The van der Waals surface area contributed by atoms with Crippen LogP contribution in [0.1, 0.15) is 32.1 Å². The molecule has 1 aliphatic rings. The first-order chi connectivity index (χ1) is 9.31. The molecular formula is C14H17N3OS. The van der Waals surface area contributed by atoms with E-state index in [0.717, 1.165) is 16.6 Å². The van der Waals surface area contributed by atoms with Crippen molar-refractivity contribution >= 4 is 33.9 Å². The fraction of sp³-hybridized carbons (Fsp3) is 0.429. The van der Waals surface area contributed by atoms with Gasteiger partial charge in [-0.15, -0.1) is 0 Å². The maximum Gasteiger partial charge on any atom is 0.170 e. The predicted molar refractivity (Wildman–Crippen MR) is 80.2 cm³/mol. The standard InChI is InChI=1S/C14H17N3OS/c19-14(15-11-4-2-1-3-5-11)16-12-7-6-10-9-18-17-13(10)8-12/h6-9,11H,1-5H2,(H2,15,16,19). The second-order valence-corrected chi connectivity index (χ2v) is 5.43. The summed E-state index contributed by atoms with van der Waals surface area (Å²) in [5.41, 5.74) is 1.78. The van der Waals surface area contributed by atoms with Crippen molar-refractivity contribution in [2.45, 2.75) is 38.1 Å².